The number of carbonyl (C=O) groups is 1. The molecular weight excluding hydrogens is 423 g/mol. The van der Waals surface area contributed by atoms with Gasteiger partial charge < -0.3 is 10.1 Å². The average Bonchev–Trinajstić information content (AvgIpc) is 2.61. The fraction of sp³-hybridized carbons (Fsp3) is 0.316. The van der Waals surface area contributed by atoms with Crippen LogP contribution in [0.2, 0.25) is 10.0 Å². The van der Waals surface area contributed by atoms with Crippen molar-refractivity contribution in [1.29, 1.82) is 0 Å². The van der Waals surface area contributed by atoms with Gasteiger partial charge in [0.25, 0.3) is 5.91 Å². The number of benzene rings is 2. The van der Waals surface area contributed by atoms with Crippen LogP contribution in [0.1, 0.15) is 26.3 Å². The molecule has 0 spiro atoms. The quantitative estimate of drug-likeness (QED) is 0.648. The summed E-state index contributed by atoms with van der Waals surface area (Å²) < 4.78 is 33.0. The predicted octanol–water partition coefficient (Wildman–Crippen LogP) is 3.76. The molecule has 6 nitrogen and oxygen atoms in total. The summed E-state index contributed by atoms with van der Waals surface area (Å²) in [4.78, 5) is 12.0. The summed E-state index contributed by atoms with van der Waals surface area (Å²) in [6.45, 7) is 5.37. The maximum absolute atomic E-state index is 12.5. The van der Waals surface area contributed by atoms with Crippen molar-refractivity contribution in [2.75, 3.05) is 0 Å². The van der Waals surface area contributed by atoms with Gasteiger partial charge in [0.15, 0.2) is 6.10 Å². The molecule has 1 amide bonds. The van der Waals surface area contributed by atoms with Crippen molar-refractivity contribution in [2.45, 2.75) is 44.4 Å². The van der Waals surface area contributed by atoms with Crippen LogP contribution >= 0.6 is 23.2 Å². The molecule has 9 heteroatoms. The summed E-state index contributed by atoms with van der Waals surface area (Å²) in [5, 5.41) is 3.61. The van der Waals surface area contributed by atoms with Crippen LogP contribution in [0.3, 0.4) is 0 Å². The maximum atomic E-state index is 12.5. The van der Waals surface area contributed by atoms with E-state index in [1.165, 1.54) is 24.3 Å². The second kappa shape index (κ2) is 9.60. The molecule has 2 aromatic rings. The minimum Gasteiger partial charge on any atom is -0.481 e. The Bertz CT molecular complexity index is 931. The van der Waals surface area contributed by atoms with Crippen LogP contribution in [-0.2, 0) is 21.4 Å². The van der Waals surface area contributed by atoms with E-state index in [-0.39, 0.29) is 23.4 Å². The van der Waals surface area contributed by atoms with Crippen LogP contribution in [-0.4, -0.2) is 26.5 Å². The number of hydrogen-bond acceptors (Lipinski definition) is 4. The van der Waals surface area contributed by atoms with Gasteiger partial charge in [0.05, 0.1) is 4.90 Å². The number of halogens is 2. The van der Waals surface area contributed by atoms with Crippen molar-refractivity contribution in [2.24, 2.45) is 0 Å². The molecule has 28 heavy (non-hydrogen) atoms. The molecule has 0 aliphatic carbocycles. The van der Waals surface area contributed by atoms with Crippen LogP contribution in [0, 0.1) is 0 Å². The SMILES string of the molecule is CC(C)NC(=O)[C@H](C)Oc1ccc(S(=O)(=O)NCc2ccc(Cl)cc2Cl)cc1. The Labute approximate surface area is 175 Å². The molecular formula is C19H22Cl2N2O4S. The molecule has 152 valence electrons. The number of nitrogens with one attached hydrogen (secondary N) is 2. The van der Waals surface area contributed by atoms with E-state index in [2.05, 4.69) is 10.0 Å². The van der Waals surface area contributed by atoms with Gasteiger partial charge in [0, 0.05) is 22.6 Å². The van der Waals surface area contributed by atoms with Crippen LogP contribution in [0.5, 0.6) is 5.75 Å². The molecule has 2 aromatic carbocycles. The van der Waals surface area contributed by atoms with Crippen molar-refractivity contribution < 1.29 is 17.9 Å². The highest BCUT2D eigenvalue weighted by atomic mass is 35.5. The van der Waals surface area contributed by atoms with E-state index in [4.69, 9.17) is 27.9 Å². The van der Waals surface area contributed by atoms with Crippen molar-refractivity contribution in [3.05, 3.63) is 58.1 Å². The molecule has 2 rings (SSSR count). The van der Waals surface area contributed by atoms with Crippen LogP contribution < -0.4 is 14.8 Å². The van der Waals surface area contributed by atoms with Gasteiger partial charge in [-0.15, -0.1) is 0 Å². The lowest BCUT2D eigenvalue weighted by atomic mass is 10.2. The van der Waals surface area contributed by atoms with E-state index >= 15 is 0 Å². The number of hydrogen-bond donors (Lipinski definition) is 2. The Kier molecular flexibility index (Phi) is 7.71. The van der Waals surface area contributed by atoms with Crippen molar-refractivity contribution in [3.8, 4) is 5.75 Å². The average molecular weight is 445 g/mol. The minimum atomic E-state index is -3.74. The lowest BCUT2D eigenvalue weighted by Crippen LogP contribution is -2.40. The second-order valence-corrected chi connectivity index (χ2v) is 9.07. The lowest BCUT2D eigenvalue weighted by molar-refractivity contribution is -0.127. The molecule has 0 saturated carbocycles. The van der Waals surface area contributed by atoms with E-state index in [1.54, 1.807) is 25.1 Å². The molecule has 1 atom stereocenters. The van der Waals surface area contributed by atoms with Crippen LogP contribution in [0.15, 0.2) is 47.4 Å². The van der Waals surface area contributed by atoms with Gasteiger partial charge in [-0.25, -0.2) is 13.1 Å². The van der Waals surface area contributed by atoms with Gasteiger partial charge >= 0.3 is 0 Å². The smallest absolute Gasteiger partial charge is 0.260 e. The highest BCUT2D eigenvalue weighted by Crippen LogP contribution is 2.22. The molecule has 0 unspecified atom stereocenters. The molecule has 0 radical (unpaired) electrons. The Morgan fingerprint density at radius 3 is 2.29 bits per heavy atom. The van der Waals surface area contributed by atoms with E-state index < -0.39 is 16.1 Å². The largest absolute Gasteiger partial charge is 0.481 e. The van der Waals surface area contributed by atoms with E-state index in [1.807, 2.05) is 13.8 Å². The number of carbonyl (C=O) groups excluding carboxylic acids is 1. The molecule has 0 aliphatic heterocycles. The Hall–Kier alpha value is -1.80. The van der Waals surface area contributed by atoms with E-state index in [0.29, 0.717) is 21.4 Å². The Balaban J connectivity index is 2.01. The lowest BCUT2D eigenvalue weighted by Gasteiger charge is -2.16. The van der Waals surface area contributed by atoms with Crippen LogP contribution in [0.25, 0.3) is 0 Å². The first-order valence-corrected chi connectivity index (χ1v) is 10.8. The first kappa shape index (κ1) is 22.5. The van der Waals surface area contributed by atoms with Gasteiger partial charge in [-0.05, 0) is 62.7 Å². The summed E-state index contributed by atoms with van der Waals surface area (Å²) in [7, 11) is -3.74. The fourth-order valence-electron chi connectivity index (χ4n) is 2.28. The molecule has 0 aliphatic rings. The summed E-state index contributed by atoms with van der Waals surface area (Å²) in [5.74, 6) is 0.152. The topological polar surface area (TPSA) is 84.5 Å². The number of ether oxygens (including phenoxy) is 1. The highest BCUT2D eigenvalue weighted by molar-refractivity contribution is 7.89. The number of sulfonamides is 1. The van der Waals surface area contributed by atoms with Gasteiger partial charge in [-0.1, -0.05) is 29.3 Å². The normalized spacial score (nSPS) is 12.6. The summed E-state index contributed by atoms with van der Waals surface area (Å²) in [5.41, 5.74) is 0.611. The molecule has 0 bridgehead atoms. The van der Waals surface area contributed by atoms with Crippen molar-refractivity contribution in [3.63, 3.8) is 0 Å². The van der Waals surface area contributed by atoms with Crippen molar-refractivity contribution >= 4 is 39.1 Å². The van der Waals surface area contributed by atoms with E-state index in [9.17, 15) is 13.2 Å². The predicted molar refractivity (Wildman–Crippen MR) is 110 cm³/mol. The number of amides is 1. The molecule has 0 fully saturated rings. The molecule has 0 aromatic heterocycles. The fourth-order valence-corrected chi connectivity index (χ4v) is 3.76. The third-order valence-electron chi connectivity index (χ3n) is 3.71. The maximum Gasteiger partial charge on any atom is 0.260 e. The van der Waals surface area contributed by atoms with Gasteiger partial charge in [-0.3, -0.25) is 4.79 Å². The molecule has 0 saturated heterocycles. The monoisotopic (exact) mass is 444 g/mol. The second-order valence-electron chi connectivity index (χ2n) is 6.46. The summed E-state index contributed by atoms with van der Waals surface area (Å²) in [6.07, 6.45) is -0.699. The van der Waals surface area contributed by atoms with Gasteiger partial charge in [0.1, 0.15) is 5.75 Å². The molecule has 0 heterocycles. The third kappa shape index (κ3) is 6.38. The first-order chi connectivity index (χ1) is 13.1. The van der Waals surface area contributed by atoms with Gasteiger partial charge in [-0.2, -0.15) is 0 Å². The minimum absolute atomic E-state index is 0.00582. The van der Waals surface area contributed by atoms with Gasteiger partial charge in [0.2, 0.25) is 10.0 Å². The zero-order chi connectivity index (χ0) is 20.9. The first-order valence-electron chi connectivity index (χ1n) is 8.59. The highest BCUT2D eigenvalue weighted by Gasteiger charge is 2.17. The van der Waals surface area contributed by atoms with E-state index in [0.717, 1.165) is 0 Å². The molecule has 2 N–H and O–H groups in total. The standard InChI is InChI=1S/C19H22Cl2N2O4S/c1-12(2)23-19(24)13(3)27-16-6-8-17(9-7-16)28(25,26)22-11-14-4-5-15(20)10-18(14)21/h4-10,12-13,22H,11H2,1-3H3,(H,23,24)/t13-/m0/s1. The van der Waals surface area contributed by atoms with Crippen LogP contribution in [0.4, 0.5) is 0 Å². The van der Waals surface area contributed by atoms with Crippen molar-refractivity contribution in [1.82, 2.24) is 10.0 Å². The zero-order valence-corrected chi connectivity index (χ0v) is 18.0. The summed E-state index contributed by atoms with van der Waals surface area (Å²) in [6, 6.07) is 10.7. The number of rotatable bonds is 8. The Morgan fingerprint density at radius 2 is 1.71 bits per heavy atom. The Morgan fingerprint density at radius 1 is 1.07 bits per heavy atom. The summed E-state index contributed by atoms with van der Waals surface area (Å²) >= 11 is 11.9. The third-order valence-corrected chi connectivity index (χ3v) is 5.72. The zero-order valence-electron chi connectivity index (χ0n) is 15.7.